The van der Waals surface area contributed by atoms with Crippen LogP contribution in [-0.4, -0.2) is 15.2 Å². The van der Waals surface area contributed by atoms with Crippen molar-refractivity contribution in [2.75, 3.05) is 9.80 Å². The molecule has 0 radical (unpaired) electrons. The summed E-state index contributed by atoms with van der Waals surface area (Å²) in [5, 5.41) is 18.4. The smallest absolute Gasteiger partial charge is 0.164 e. The van der Waals surface area contributed by atoms with Gasteiger partial charge in [-0.15, -0.1) is 10.2 Å². The molecule has 0 N–H and O–H groups in total. The van der Waals surface area contributed by atoms with Gasteiger partial charge in [-0.1, -0.05) is 109 Å². The van der Waals surface area contributed by atoms with Gasteiger partial charge in [0.05, 0.1) is 28.9 Å². The Hall–Kier alpha value is -8.49. The van der Waals surface area contributed by atoms with Gasteiger partial charge in [0.1, 0.15) is 27.8 Å². The monoisotopic (exact) mass is 785 g/mol. The maximum atomic E-state index is 6.72. The van der Waals surface area contributed by atoms with Crippen LogP contribution in [0.15, 0.2) is 201 Å². The number of rotatable bonds is 6. The largest absolute Gasteiger partial charge is 0.456 e. The topological polar surface area (TPSA) is 84.6 Å². The highest BCUT2D eigenvalue weighted by molar-refractivity contribution is 6.09. The van der Waals surface area contributed by atoms with Crippen LogP contribution in [0.3, 0.4) is 0 Å². The summed E-state index contributed by atoms with van der Waals surface area (Å²) in [5.41, 5.74) is 10.2. The van der Waals surface area contributed by atoms with E-state index in [2.05, 4.69) is 143 Å². The van der Waals surface area contributed by atoms with Crippen LogP contribution in [0.1, 0.15) is 0 Å². The van der Waals surface area contributed by atoms with E-state index in [0.717, 1.165) is 93.9 Å². The lowest BCUT2D eigenvalue weighted by Crippen LogP contribution is -2.12. The summed E-state index contributed by atoms with van der Waals surface area (Å²) < 4.78 is 19.5. The second-order valence-electron chi connectivity index (χ2n) is 15.3. The average molecular weight is 786 g/mol. The number of benzene rings is 8. The fourth-order valence-corrected chi connectivity index (χ4v) is 8.98. The Balaban J connectivity index is 0.981. The van der Waals surface area contributed by atoms with Crippen LogP contribution in [0.5, 0.6) is 0 Å². The van der Waals surface area contributed by atoms with Crippen LogP contribution in [0.25, 0.3) is 87.6 Å². The predicted octanol–water partition coefficient (Wildman–Crippen LogP) is 14.8. The Kier molecular flexibility index (Phi) is 7.14. The molecule has 0 unspecified atom stereocenters. The number of hydrogen-bond donors (Lipinski definition) is 0. The van der Waals surface area contributed by atoms with Crippen LogP contribution in [-0.2, 0) is 0 Å². The van der Waals surface area contributed by atoms with Crippen molar-refractivity contribution >= 4 is 122 Å². The van der Waals surface area contributed by atoms with E-state index in [4.69, 9.17) is 28.4 Å². The number of anilines is 6. The van der Waals surface area contributed by atoms with Gasteiger partial charge >= 0.3 is 0 Å². The Labute approximate surface area is 347 Å². The van der Waals surface area contributed by atoms with Crippen LogP contribution in [0, 0.1) is 0 Å². The molecule has 13 aromatic rings. The molecule has 0 atom stereocenters. The van der Waals surface area contributed by atoms with Gasteiger partial charge in [-0.05, 0) is 59.3 Å². The fraction of sp³-hybridized carbons (Fsp3) is 0. The lowest BCUT2D eigenvalue weighted by Gasteiger charge is -2.26. The maximum Gasteiger partial charge on any atom is 0.164 e. The molecule has 0 saturated carbocycles. The normalized spacial score (nSPS) is 11.9. The molecule has 0 aliphatic heterocycles. The molecular weight excluding hydrogens is 755 g/mol. The van der Waals surface area contributed by atoms with Crippen molar-refractivity contribution in [3.63, 3.8) is 0 Å². The average Bonchev–Trinajstić information content (AvgIpc) is 3.99. The van der Waals surface area contributed by atoms with Gasteiger partial charge in [-0.25, -0.2) is 4.98 Å². The number of para-hydroxylation sites is 2. The van der Waals surface area contributed by atoms with E-state index in [0.29, 0.717) is 28.0 Å². The highest BCUT2D eigenvalue weighted by Crippen LogP contribution is 2.44. The van der Waals surface area contributed by atoms with E-state index in [9.17, 15) is 0 Å². The predicted molar refractivity (Wildman–Crippen MR) is 246 cm³/mol. The Morgan fingerprint density at radius 2 is 0.803 bits per heavy atom. The van der Waals surface area contributed by atoms with Crippen molar-refractivity contribution in [1.29, 1.82) is 0 Å². The van der Waals surface area contributed by atoms with Gasteiger partial charge < -0.3 is 18.2 Å². The molecule has 8 heteroatoms. The zero-order valence-electron chi connectivity index (χ0n) is 32.4. The van der Waals surface area contributed by atoms with Crippen LogP contribution < -0.4 is 9.80 Å². The minimum Gasteiger partial charge on any atom is -0.456 e. The summed E-state index contributed by atoms with van der Waals surface area (Å²) in [6.07, 6.45) is 1.88. The van der Waals surface area contributed by atoms with E-state index in [1.165, 1.54) is 0 Å². The molecule has 0 fully saturated rings. The standard InChI is InChI=1S/C53H31N5O3/c1-3-15-37-32(11-1)13-9-19-43(37)57(34-23-25-41-39-17-5-7-21-45(39)59-47(41)27-34)36-29-49-52(54-31-36)53-50(61-49)30-51(55-56-53)58(44-20-10-14-33-12-2-4-16-38(33)44)35-24-26-42-40-18-6-8-22-46(40)60-48(42)28-35/h1-31H. The van der Waals surface area contributed by atoms with Gasteiger partial charge in [0.15, 0.2) is 22.5 Å². The van der Waals surface area contributed by atoms with Crippen LogP contribution in [0.4, 0.5) is 34.3 Å². The quantitative estimate of drug-likeness (QED) is 0.165. The number of nitrogens with zero attached hydrogens (tertiary/aromatic N) is 5. The molecule has 5 aromatic heterocycles. The molecule has 0 aliphatic rings. The summed E-state index contributed by atoms with van der Waals surface area (Å²) in [5.74, 6) is 0.593. The van der Waals surface area contributed by atoms with Crippen molar-refractivity contribution in [3.05, 3.63) is 188 Å². The summed E-state index contributed by atoms with van der Waals surface area (Å²) in [6.45, 7) is 0. The number of pyridine rings is 1. The second kappa shape index (κ2) is 13.0. The SMILES string of the molecule is c1ccc2c(N(c3ccc4c(c3)oc3ccccc34)c3cnc4c(c3)oc3cc(N(c5ccc6c(c5)oc5ccccc56)c5cccc6ccccc56)nnc34)cccc2c1. The third-order valence-corrected chi connectivity index (χ3v) is 11.8. The minimum atomic E-state index is 0.570. The summed E-state index contributed by atoms with van der Waals surface area (Å²) >= 11 is 0. The third kappa shape index (κ3) is 5.22. The highest BCUT2D eigenvalue weighted by Gasteiger charge is 2.23. The minimum absolute atomic E-state index is 0.570. The Bertz CT molecular complexity index is 3620. The molecule has 286 valence electrons. The summed E-state index contributed by atoms with van der Waals surface area (Å²) in [6, 6.07) is 62.3. The zero-order chi connectivity index (χ0) is 40.0. The van der Waals surface area contributed by atoms with E-state index < -0.39 is 0 Å². The second-order valence-corrected chi connectivity index (χ2v) is 15.3. The van der Waals surface area contributed by atoms with Crippen molar-refractivity contribution in [2.45, 2.75) is 0 Å². The van der Waals surface area contributed by atoms with Crippen LogP contribution in [0.2, 0.25) is 0 Å². The molecule has 5 heterocycles. The molecule has 0 aliphatic carbocycles. The summed E-state index contributed by atoms with van der Waals surface area (Å²) in [7, 11) is 0. The van der Waals surface area contributed by atoms with E-state index in [1.807, 2.05) is 54.7 Å². The molecule has 0 bridgehead atoms. The molecule has 13 rings (SSSR count). The number of furan rings is 3. The van der Waals surface area contributed by atoms with E-state index in [-0.39, 0.29) is 0 Å². The van der Waals surface area contributed by atoms with Crippen molar-refractivity contribution in [1.82, 2.24) is 15.2 Å². The number of hydrogen-bond acceptors (Lipinski definition) is 8. The lowest BCUT2D eigenvalue weighted by molar-refractivity contribution is 0.666. The number of fused-ring (bicyclic) bond motifs is 11. The van der Waals surface area contributed by atoms with Crippen LogP contribution >= 0.6 is 0 Å². The number of aromatic nitrogens is 3. The van der Waals surface area contributed by atoms with Crippen molar-refractivity contribution in [3.8, 4) is 0 Å². The molecule has 0 spiro atoms. The molecule has 0 amide bonds. The first-order valence-electron chi connectivity index (χ1n) is 20.2. The van der Waals surface area contributed by atoms with Crippen molar-refractivity contribution < 1.29 is 13.3 Å². The zero-order valence-corrected chi connectivity index (χ0v) is 32.4. The first kappa shape index (κ1) is 33.5. The van der Waals surface area contributed by atoms with Gasteiger partial charge in [-0.2, -0.15) is 0 Å². The Morgan fingerprint density at radius 3 is 1.44 bits per heavy atom. The third-order valence-electron chi connectivity index (χ3n) is 11.8. The summed E-state index contributed by atoms with van der Waals surface area (Å²) in [4.78, 5) is 9.34. The van der Waals surface area contributed by atoms with E-state index >= 15 is 0 Å². The molecular formula is C53H31N5O3. The molecule has 8 nitrogen and oxygen atoms in total. The fourth-order valence-electron chi connectivity index (χ4n) is 8.98. The first-order chi connectivity index (χ1) is 30.2. The van der Waals surface area contributed by atoms with Gasteiger partial charge in [0, 0.05) is 62.3 Å². The maximum absolute atomic E-state index is 6.72. The Morgan fingerprint density at radius 1 is 0.328 bits per heavy atom. The molecule has 61 heavy (non-hydrogen) atoms. The lowest BCUT2D eigenvalue weighted by atomic mass is 10.1. The first-order valence-corrected chi connectivity index (χ1v) is 20.2. The van der Waals surface area contributed by atoms with Gasteiger partial charge in [-0.3, -0.25) is 4.90 Å². The van der Waals surface area contributed by atoms with Gasteiger partial charge in [0.25, 0.3) is 0 Å². The van der Waals surface area contributed by atoms with E-state index in [1.54, 1.807) is 0 Å². The molecule has 8 aromatic carbocycles. The highest BCUT2D eigenvalue weighted by atomic mass is 16.3. The van der Waals surface area contributed by atoms with Gasteiger partial charge in [0.2, 0.25) is 0 Å². The molecule has 0 saturated heterocycles. The van der Waals surface area contributed by atoms with Crippen molar-refractivity contribution in [2.24, 2.45) is 0 Å².